The van der Waals surface area contributed by atoms with Crippen LogP contribution in [-0.2, 0) is 0 Å². The van der Waals surface area contributed by atoms with Crippen molar-refractivity contribution in [3.8, 4) is 0 Å². The summed E-state index contributed by atoms with van der Waals surface area (Å²) in [6.07, 6.45) is 6.24. The second-order valence-corrected chi connectivity index (χ2v) is 10.4. The van der Waals surface area contributed by atoms with Crippen LogP contribution >= 0.6 is 23.5 Å². The molecule has 3 aromatic rings. The van der Waals surface area contributed by atoms with E-state index in [0.29, 0.717) is 41.5 Å². The third kappa shape index (κ3) is 5.00. The van der Waals surface area contributed by atoms with Crippen molar-refractivity contribution in [1.29, 1.82) is 0 Å². The summed E-state index contributed by atoms with van der Waals surface area (Å²) in [6, 6.07) is 19.1. The average Bonchev–Trinajstić information content (AvgIpc) is 2.91. The predicted molar refractivity (Wildman–Crippen MR) is 143 cm³/mol. The van der Waals surface area contributed by atoms with E-state index in [4.69, 9.17) is 22.3 Å². The van der Waals surface area contributed by atoms with Crippen LogP contribution in [0.5, 0.6) is 0 Å². The van der Waals surface area contributed by atoms with Gasteiger partial charge in [0, 0.05) is 29.2 Å². The summed E-state index contributed by atoms with van der Waals surface area (Å²) in [7, 11) is 0. The van der Waals surface area contributed by atoms with Crippen LogP contribution in [0, 0.1) is 11.2 Å². The number of rotatable bonds is 5. The van der Waals surface area contributed by atoms with Crippen molar-refractivity contribution in [2.24, 2.45) is 16.1 Å². The van der Waals surface area contributed by atoms with Crippen LogP contribution in [0.15, 0.2) is 106 Å². The molecule has 1 fully saturated rings. The van der Waals surface area contributed by atoms with Gasteiger partial charge >= 0.3 is 0 Å². The summed E-state index contributed by atoms with van der Waals surface area (Å²) >= 11 is 7.67. The minimum atomic E-state index is -0.820. The van der Waals surface area contributed by atoms with Gasteiger partial charge in [0.25, 0.3) is 0 Å². The molecule has 1 saturated heterocycles. The summed E-state index contributed by atoms with van der Waals surface area (Å²) in [5, 5.41) is 0.683. The number of ketones is 1. The number of allylic oxidation sites excluding steroid dienone is 2. The van der Waals surface area contributed by atoms with Crippen LogP contribution in [0.25, 0.3) is 0 Å². The molecule has 5 nitrogen and oxygen atoms in total. The molecule has 2 heterocycles. The standard InChI is InChI=1S/C28H24ClFN4OS/c29-21-4-10-24(11-5-21)36-34-14-12-20-15-26(33-23-8-6-22(30)7-9-23)19(17-31)16-28(20,18-34)27(35)25-3-1-2-13-32-25/h1-11,13,15,17H,12,14,16,18,31H2. The summed E-state index contributed by atoms with van der Waals surface area (Å²) in [5.41, 5.74) is 8.78. The minimum Gasteiger partial charge on any atom is -0.404 e. The average molecular weight is 519 g/mol. The SMILES string of the molecule is NC=C1CC2(C(=O)c3ccccn3)CN(Sc3ccc(Cl)cc3)CCC2=CC1=Nc1ccc(F)cc1. The van der Waals surface area contributed by atoms with Crippen LogP contribution in [0.4, 0.5) is 10.1 Å². The second kappa shape index (κ2) is 10.4. The lowest BCUT2D eigenvalue weighted by atomic mass is 9.64. The van der Waals surface area contributed by atoms with E-state index >= 15 is 0 Å². The second-order valence-electron chi connectivity index (χ2n) is 8.80. The van der Waals surface area contributed by atoms with Gasteiger partial charge in [0.1, 0.15) is 11.5 Å². The van der Waals surface area contributed by atoms with Gasteiger partial charge in [-0.05, 0) is 103 Å². The smallest absolute Gasteiger partial charge is 0.192 e. The number of hydrogen-bond acceptors (Lipinski definition) is 6. The number of fused-ring (bicyclic) bond motifs is 1. The Hall–Kier alpha value is -3.26. The van der Waals surface area contributed by atoms with Crippen LogP contribution in [0.1, 0.15) is 23.3 Å². The molecule has 1 aromatic heterocycles. The molecule has 0 spiro atoms. The highest BCUT2D eigenvalue weighted by molar-refractivity contribution is 7.97. The molecule has 0 amide bonds. The molecule has 0 bridgehead atoms. The minimum absolute atomic E-state index is 0.0315. The number of halogens is 2. The van der Waals surface area contributed by atoms with E-state index in [-0.39, 0.29) is 11.6 Å². The Morgan fingerprint density at radius 2 is 1.92 bits per heavy atom. The maximum atomic E-state index is 14.1. The van der Waals surface area contributed by atoms with Crippen molar-refractivity contribution >= 4 is 40.7 Å². The van der Waals surface area contributed by atoms with Gasteiger partial charge in [0.05, 0.1) is 16.8 Å². The van der Waals surface area contributed by atoms with Gasteiger partial charge < -0.3 is 5.73 Å². The Balaban J connectivity index is 1.54. The highest BCUT2D eigenvalue weighted by atomic mass is 35.5. The first-order chi connectivity index (χ1) is 17.5. The fraction of sp³-hybridized carbons (Fsp3) is 0.179. The highest BCUT2D eigenvalue weighted by Crippen LogP contribution is 2.48. The molecule has 2 aromatic carbocycles. The van der Waals surface area contributed by atoms with E-state index in [1.165, 1.54) is 18.3 Å². The van der Waals surface area contributed by atoms with Gasteiger partial charge in [0.15, 0.2) is 5.78 Å². The molecule has 1 aliphatic carbocycles. The molecule has 5 rings (SSSR count). The molecule has 0 saturated carbocycles. The number of hydrogen-bond donors (Lipinski definition) is 1. The maximum absolute atomic E-state index is 14.1. The Bertz CT molecular complexity index is 1360. The van der Waals surface area contributed by atoms with Crippen molar-refractivity contribution < 1.29 is 9.18 Å². The first-order valence-corrected chi connectivity index (χ1v) is 12.7. The summed E-state index contributed by atoms with van der Waals surface area (Å²) in [6.45, 7) is 1.27. The van der Waals surface area contributed by atoms with Gasteiger partial charge in [-0.25, -0.2) is 13.7 Å². The van der Waals surface area contributed by atoms with E-state index in [0.717, 1.165) is 22.6 Å². The number of aromatic nitrogens is 1. The normalized spacial score (nSPS) is 22.3. The van der Waals surface area contributed by atoms with E-state index in [2.05, 4.69) is 9.29 Å². The van der Waals surface area contributed by atoms with Gasteiger partial charge in [-0.15, -0.1) is 0 Å². The number of Topliss-reactive ketones (excluding diaryl/α,β-unsaturated/α-hetero) is 1. The predicted octanol–water partition coefficient (Wildman–Crippen LogP) is 6.40. The van der Waals surface area contributed by atoms with Crippen molar-refractivity contribution in [3.63, 3.8) is 0 Å². The molecule has 2 aliphatic rings. The van der Waals surface area contributed by atoms with Gasteiger partial charge in [-0.1, -0.05) is 23.2 Å². The fourth-order valence-electron chi connectivity index (χ4n) is 4.68. The molecule has 1 aliphatic heterocycles. The number of piperidine rings is 1. The first-order valence-electron chi connectivity index (χ1n) is 11.6. The number of pyridine rings is 1. The lowest BCUT2D eigenvalue weighted by Gasteiger charge is -2.45. The Morgan fingerprint density at radius 3 is 2.61 bits per heavy atom. The third-order valence-electron chi connectivity index (χ3n) is 6.48. The quantitative estimate of drug-likeness (QED) is 0.312. The molecule has 1 atom stereocenters. The molecule has 0 radical (unpaired) electrons. The Kier molecular flexibility index (Phi) is 7.05. The third-order valence-corrected chi connectivity index (χ3v) is 7.79. The lowest BCUT2D eigenvalue weighted by molar-refractivity contribution is 0.0776. The van der Waals surface area contributed by atoms with Gasteiger partial charge in [0.2, 0.25) is 0 Å². The number of aliphatic imine (C=N–C) groups is 1. The van der Waals surface area contributed by atoms with Crippen molar-refractivity contribution in [2.75, 3.05) is 13.1 Å². The number of benzene rings is 2. The Morgan fingerprint density at radius 1 is 1.14 bits per heavy atom. The van der Waals surface area contributed by atoms with Crippen LogP contribution in [0.2, 0.25) is 5.02 Å². The molecular formula is C28H24ClFN4OS. The zero-order chi connectivity index (χ0) is 25.1. The fourth-order valence-corrected chi connectivity index (χ4v) is 5.83. The van der Waals surface area contributed by atoms with E-state index < -0.39 is 5.41 Å². The monoisotopic (exact) mass is 518 g/mol. The van der Waals surface area contributed by atoms with Crippen LogP contribution in [-0.4, -0.2) is 33.9 Å². The van der Waals surface area contributed by atoms with E-state index in [1.807, 2.05) is 36.4 Å². The molecule has 36 heavy (non-hydrogen) atoms. The molecule has 182 valence electrons. The molecule has 1 unspecified atom stereocenters. The largest absolute Gasteiger partial charge is 0.404 e. The number of nitrogens with two attached hydrogens (primary N) is 1. The topological polar surface area (TPSA) is 71.6 Å². The summed E-state index contributed by atoms with van der Waals surface area (Å²) in [5.74, 6) is -0.350. The maximum Gasteiger partial charge on any atom is 0.192 e. The van der Waals surface area contributed by atoms with Crippen LogP contribution in [0.3, 0.4) is 0 Å². The number of carbonyl (C=O) groups is 1. The summed E-state index contributed by atoms with van der Waals surface area (Å²) < 4.78 is 15.6. The number of carbonyl (C=O) groups excluding carboxylic acids is 1. The van der Waals surface area contributed by atoms with Gasteiger partial charge in [-0.3, -0.25) is 9.78 Å². The zero-order valence-corrected chi connectivity index (χ0v) is 21.0. The molecule has 2 N–H and O–H groups in total. The zero-order valence-electron chi connectivity index (χ0n) is 19.4. The number of nitrogens with zero attached hydrogens (tertiary/aromatic N) is 3. The van der Waals surface area contributed by atoms with Crippen molar-refractivity contribution in [1.82, 2.24) is 9.29 Å². The lowest BCUT2D eigenvalue weighted by Crippen LogP contribution is -2.49. The highest BCUT2D eigenvalue weighted by Gasteiger charge is 2.49. The molecular weight excluding hydrogens is 495 g/mol. The van der Waals surface area contributed by atoms with Gasteiger partial charge in [-0.2, -0.15) is 0 Å². The molecule has 8 heteroatoms. The first kappa shape index (κ1) is 24.4. The Labute approximate surface area is 218 Å². The van der Waals surface area contributed by atoms with Crippen molar-refractivity contribution in [2.45, 2.75) is 17.7 Å². The van der Waals surface area contributed by atoms with E-state index in [9.17, 15) is 9.18 Å². The van der Waals surface area contributed by atoms with Crippen LogP contribution < -0.4 is 5.73 Å². The van der Waals surface area contributed by atoms with E-state index in [1.54, 1.807) is 42.4 Å². The summed E-state index contributed by atoms with van der Waals surface area (Å²) in [4.78, 5) is 24.2. The van der Waals surface area contributed by atoms with Crippen molar-refractivity contribution in [3.05, 3.63) is 113 Å².